The molecule has 1 rings (SSSR count). The van der Waals surface area contributed by atoms with Gasteiger partial charge in [0.05, 0.1) is 6.54 Å². The Morgan fingerprint density at radius 3 is 2.68 bits per heavy atom. The predicted octanol–water partition coefficient (Wildman–Crippen LogP) is 0.719. The Kier molecular flexibility index (Phi) is 5.35. The molecule has 1 aromatic rings. The maximum Gasteiger partial charge on any atom is 0.326 e. The number of urea groups is 1. The summed E-state index contributed by atoms with van der Waals surface area (Å²) < 4.78 is 1.78. The van der Waals surface area contributed by atoms with Gasteiger partial charge in [0, 0.05) is 19.4 Å². The van der Waals surface area contributed by atoms with Crippen LogP contribution >= 0.6 is 0 Å². The first-order valence-corrected chi connectivity index (χ1v) is 6.19. The highest BCUT2D eigenvalue weighted by atomic mass is 16.4. The molecule has 0 saturated carbocycles. The summed E-state index contributed by atoms with van der Waals surface area (Å²) in [6.07, 6.45) is 4.08. The number of aromatic nitrogens is 2. The van der Waals surface area contributed by atoms with Crippen molar-refractivity contribution in [2.24, 2.45) is 13.0 Å². The van der Waals surface area contributed by atoms with Crippen molar-refractivity contribution >= 4 is 12.0 Å². The summed E-state index contributed by atoms with van der Waals surface area (Å²) in [7, 11) is 1.82. The van der Waals surface area contributed by atoms with Crippen molar-refractivity contribution in [2.75, 3.05) is 0 Å². The number of carboxylic acids is 1. The number of carbonyl (C=O) groups excluding carboxylic acids is 1. The lowest BCUT2D eigenvalue weighted by Crippen LogP contribution is -2.49. The van der Waals surface area contributed by atoms with E-state index in [4.69, 9.17) is 5.11 Å². The maximum absolute atomic E-state index is 11.7. The van der Waals surface area contributed by atoms with Gasteiger partial charge in [0.25, 0.3) is 0 Å². The number of aryl methyl sites for hydroxylation is 1. The second-order valence-electron chi connectivity index (χ2n) is 4.48. The summed E-state index contributed by atoms with van der Waals surface area (Å²) in [5, 5.41) is 14.1. The van der Waals surface area contributed by atoms with Crippen LogP contribution in [0.2, 0.25) is 0 Å². The van der Waals surface area contributed by atoms with Gasteiger partial charge in [-0.25, -0.2) is 14.6 Å². The van der Waals surface area contributed by atoms with Gasteiger partial charge in [-0.2, -0.15) is 0 Å². The molecule has 0 aliphatic heterocycles. The zero-order chi connectivity index (χ0) is 14.4. The second-order valence-corrected chi connectivity index (χ2v) is 4.48. The molecule has 0 fully saturated rings. The van der Waals surface area contributed by atoms with Gasteiger partial charge in [0.1, 0.15) is 11.9 Å². The van der Waals surface area contributed by atoms with Gasteiger partial charge in [0.15, 0.2) is 0 Å². The number of carboxylic acid groups (broad SMARTS) is 1. The third-order valence-corrected chi connectivity index (χ3v) is 3.09. The largest absolute Gasteiger partial charge is 0.480 e. The Morgan fingerprint density at radius 2 is 2.21 bits per heavy atom. The van der Waals surface area contributed by atoms with Crippen molar-refractivity contribution in [3.63, 3.8) is 0 Å². The normalized spacial score (nSPS) is 13.6. The minimum atomic E-state index is -1.03. The number of aliphatic carboxylic acids is 1. The Labute approximate surface area is 112 Å². The lowest BCUT2D eigenvalue weighted by Gasteiger charge is -2.20. The van der Waals surface area contributed by atoms with Crippen LogP contribution in [0, 0.1) is 5.92 Å². The summed E-state index contributed by atoms with van der Waals surface area (Å²) >= 11 is 0. The van der Waals surface area contributed by atoms with E-state index in [2.05, 4.69) is 15.6 Å². The highest BCUT2D eigenvalue weighted by Crippen LogP contribution is 2.07. The van der Waals surface area contributed by atoms with Crippen LogP contribution in [0.5, 0.6) is 0 Å². The van der Waals surface area contributed by atoms with Crippen LogP contribution in [0.3, 0.4) is 0 Å². The van der Waals surface area contributed by atoms with E-state index in [0.717, 1.165) is 0 Å². The van der Waals surface area contributed by atoms with E-state index in [0.29, 0.717) is 12.2 Å². The molecule has 2 atom stereocenters. The molecule has 106 valence electrons. The Bertz CT molecular complexity index is 444. The van der Waals surface area contributed by atoms with E-state index in [1.165, 1.54) is 0 Å². The lowest BCUT2D eigenvalue weighted by atomic mass is 9.99. The SMILES string of the molecule is CC[C@H](C)[C@H](NC(=O)NCc1nccn1C)C(=O)O. The van der Waals surface area contributed by atoms with Crippen LogP contribution < -0.4 is 10.6 Å². The lowest BCUT2D eigenvalue weighted by molar-refractivity contribution is -0.140. The molecule has 1 aromatic heterocycles. The second kappa shape index (κ2) is 6.77. The van der Waals surface area contributed by atoms with Crippen LogP contribution in [0.25, 0.3) is 0 Å². The predicted molar refractivity (Wildman–Crippen MR) is 69.5 cm³/mol. The Hall–Kier alpha value is -2.05. The first kappa shape index (κ1) is 15.0. The van der Waals surface area contributed by atoms with Gasteiger partial charge in [-0.3, -0.25) is 0 Å². The molecule has 0 unspecified atom stereocenters. The quantitative estimate of drug-likeness (QED) is 0.708. The fourth-order valence-electron chi connectivity index (χ4n) is 1.60. The number of hydrogen-bond donors (Lipinski definition) is 3. The number of rotatable bonds is 6. The molecule has 0 aliphatic rings. The highest BCUT2D eigenvalue weighted by Gasteiger charge is 2.25. The van der Waals surface area contributed by atoms with Gasteiger partial charge in [-0.05, 0) is 5.92 Å². The van der Waals surface area contributed by atoms with Gasteiger partial charge < -0.3 is 20.3 Å². The monoisotopic (exact) mass is 268 g/mol. The zero-order valence-corrected chi connectivity index (χ0v) is 11.4. The van der Waals surface area contributed by atoms with Crippen LogP contribution in [0.15, 0.2) is 12.4 Å². The minimum absolute atomic E-state index is 0.128. The number of carbonyl (C=O) groups is 2. The third-order valence-electron chi connectivity index (χ3n) is 3.09. The van der Waals surface area contributed by atoms with E-state index in [-0.39, 0.29) is 12.5 Å². The van der Waals surface area contributed by atoms with E-state index >= 15 is 0 Å². The summed E-state index contributed by atoms with van der Waals surface area (Å²) in [4.78, 5) is 26.8. The first-order valence-electron chi connectivity index (χ1n) is 6.19. The van der Waals surface area contributed by atoms with Crippen LogP contribution in [0.1, 0.15) is 26.1 Å². The molecule has 0 bridgehead atoms. The summed E-state index contributed by atoms with van der Waals surface area (Å²) in [6, 6.07) is -1.39. The Morgan fingerprint density at radius 1 is 1.53 bits per heavy atom. The summed E-state index contributed by atoms with van der Waals surface area (Å²) in [5.74, 6) is -0.455. The Balaban J connectivity index is 2.49. The molecule has 1 heterocycles. The molecule has 0 spiro atoms. The average Bonchev–Trinajstić information content (AvgIpc) is 2.77. The molecular formula is C12H20N4O3. The average molecular weight is 268 g/mol. The van der Waals surface area contributed by atoms with Crippen LogP contribution in [-0.2, 0) is 18.4 Å². The minimum Gasteiger partial charge on any atom is -0.480 e. The number of nitrogens with zero attached hydrogens (tertiary/aromatic N) is 2. The summed E-state index contributed by atoms with van der Waals surface area (Å²) in [6.45, 7) is 3.92. The highest BCUT2D eigenvalue weighted by molar-refractivity contribution is 5.82. The van der Waals surface area contributed by atoms with Crippen molar-refractivity contribution in [1.29, 1.82) is 0 Å². The van der Waals surface area contributed by atoms with Gasteiger partial charge in [-0.1, -0.05) is 20.3 Å². The molecule has 3 N–H and O–H groups in total. The molecular weight excluding hydrogens is 248 g/mol. The number of imidazole rings is 1. The maximum atomic E-state index is 11.7. The molecule has 2 amide bonds. The van der Waals surface area contributed by atoms with E-state index in [9.17, 15) is 9.59 Å². The van der Waals surface area contributed by atoms with Crippen LogP contribution in [-0.4, -0.2) is 32.7 Å². The van der Waals surface area contributed by atoms with Crippen molar-refractivity contribution in [2.45, 2.75) is 32.9 Å². The van der Waals surface area contributed by atoms with Crippen molar-refractivity contribution < 1.29 is 14.7 Å². The zero-order valence-electron chi connectivity index (χ0n) is 11.4. The first-order chi connectivity index (χ1) is 8.95. The molecule has 0 aliphatic carbocycles. The van der Waals surface area contributed by atoms with E-state index < -0.39 is 18.0 Å². The fraction of sp³-hybridized carbons (Fsp3) is 0.583. The number of nitrogens with one attached hydrogen (secondary N) is 2. The smallest absolute Gasteiger partial charge is 0.326 e. The molecule has 0 saturated heterocycles. The standard InChI is InChI=1S/C12H20N4O3/c1-4-8(2)10(11(17)18)15-12(19)14-7-9-13-5-6-16(9)3/h5-6,8,10H,4,7H2,1-3H3,(H,17,18)(H2,14,15,19)/t8-,10-/m0/s1. The van der Waals surface area contributed by atoms with Gasteiger partial charge in [0.2, 0.25) is 0 Å². The van der Waals surface area contributed by atoms with E-state index in [1.54, 1.807) is 23.9 Å². The van der Waals surface area contributed by atoms with Gasteiger partial charge >= 0.3 is 12.0 Å². The fourth-order valence-corrected chi connectivity index (χ4v) is 1.60. The molecule has 19 heavy (non-hydrogen) atoms. The van der Waals surface area contributed by atoms with Crippen molar-refractivity contribution in [1.82, 2.24) is 20.2 Å². The third kappa shape index (κ3) is 4.27. The molecule has 0 aromatic carbocycles. The number of hydrogen-bond acceptors (Lipinski definition) is 3. The summed E-state index contributed by atoms with van der Waals surface area (Å²) in [5.41, 5.74) is 0. The van der Waals surface area contributed by atoms with Crippen LogP contribution in [0.4, 0.5) is 4.79 Å². The van der Waals surface area contributed by atoms with Gasteiger partial charge in [-0.15, -0.1) is 0 Å². The molecule has 0 radical (unpaired) electrons. The molecule has 7 nitrogen and oxygen atoms in total. The topological polar surface area (TPSA) is 96.3 Å². The van der Waals surface area contributed by atoms with E-state index in [1.807, 2.05) is 14.0 Å². The number of amides is 2. The van der Waals surface area contributed by atoms with Crippen molar-refractivity contribution in [3.05, 3.63) is 18.2 Å². The molecule has 7 heteroatoms. The van der Waals surface area contributed by atoms with Crippen molar-refractivity contribution in [3.8, 4) is 0 Å².